The normalized spacial score (nSPS) is 26.3. The van der Waals surface area contributed by atoms with E-state index in [1.165, 1.54) is 11.3 Å². The van der Waals surface area contributed by atoms with Crippen molar-refractivity contribution >= 4 is 11.8 Å². The molecule has 1 saturated heterocycles. The van der Waals surface area contributed by atoms with Gasteiger partial charge in [0.05, 0.1) is 6.10 Å². The number of thioether (sulfide) groups is 1. The highest BCUT2D eigenvalue weighted by Gasteiger charge is 2.25. The van der Waals surface area contributed by atoms with Gasteiger partial charge in [0.1, 0.15) is 0 Å². The van der Waals surface area contributed by atoms with Gasteiger partial charge in [-0.2, -0.15) is 11.8 Å². The van der Waals surface area contributed by atoms with Gasteiger partial charge in [0.25, 0.3) is 0 Å². The monoisotopic (exact) mass is 279 g/mol. The van der Waals surface area contributed by atoms with Gasteiger partial charge in [-0.25, -0.2) is 0 Å². The summed E-state index contributed by atoms with van der Waals surface area (Å²) < 4.78 is 0. The zero-order valence-electron chi connectivity index (χ0n) is 12.2. The van der Waals surface area contributed by atoms with Crippen molar-refractivity contribution in [2.24, 2.45) is 0 Å². The molecule has 3 unspecified atom stereocenters. The summed E-state index contributed by atoms with van der Waals surface area (Å²) in [5, 5.41) is 11.0. The van der Waals surface area contributed by atoms with Crippen LogP contribution >= 0.6 is 11.8 Å². The van der Waals surface area contributed by atoms with Crippen LogP contribution in [0.1, 0.15) is 37.5 Å². The Bertz CT molecular complexity index is 409. The topological polar surface area (TPSA) is 23.5 Å². The molecule has 1 aliphatic heterocycles. The molecule has 2 rings (SSSR count). The lowest BCUT2D eigenvalue weighted by Crippen LogP contribution is -2.45. The van der Waals surface area contributed by atoms with Gasteiger partial charge in [0.2, 0.25) is 0 Å². The number of hydrogen-bond acceptors (Lipinski definition) is 3. The first-order valence-electron chi connectivity index (χ1n) is 7.18. The third kappa shape index (κ3) is 3.98. The lowest BCUT2D eigenvalue weighted by Gasteiger charge is -2.37. The average Bonchev–Trinajstić information content (AvgIpc) is 2.40. The molecule has 106 valence electrons. The van der Waals surface area contributed by atoms with Crippen LogP contribution in [0.3, 0.4) is 0 Å². The number of aliphatic hydroxyl groups is 1. The van der Waals surface area contributed by atoms with E-state index in [9.17, 15) is 5.11 Å². The molecule has 3 atom stereocenters. The van der Waals surface area contributed by atoms with Crippen molar-refractivity contribution in [2.75, 3.05) is 18.8 Å². The molecule has 0 spiro atoms. The number of rotatable bonds is 4. The second-order valence-corrected chi connectivity index (χ2v) is 7.06. The second kappa shape index (κ2) is 6.78. The van der Waals surface area contributed by atoms with Gasteiger partial charge in [-0.3, -0.25) is 4.90 Å². The molecule has 2 nitrogen and oxygen atoms in total. The van der Waals surface area contributed by atoms with E-state index in [1.54, 1.807) is 0 Å². The predicted molar refractivity (Wildman–Crippen MR) is 83.7 cm³/mol. The first-order chi connectivity index (χ1) is 9.08. The van der Waals surface area contributed by atoms with Crippen molar-refractivity contribution in [3.8, 4) is 0 Å². The number of aliphatic hydroxyl groups excluding tert-OH is 1. The Labute approximate surface area is 121 Å². The Morgan fingerprint density at radius 1 is 1.42 bits per heavy atom. The van der Waals surface area contributed by atoms with Gasteiger partial charge in [-0.1, -0.05) is 36.8 Å². The molecule has 1 aliphatic rings. The van der Waals surface area contributed by atoms with Crippen molar-refractivity contribution in [3.63, 3.8) is 0 Å². The van der Waals surface area contributed by atoms with Gasteiger partial charge in [-0.05, 0) is 25.8 Å². The first kappa shape index (κ1) is 14.9. The van der Waals surface area contributed by atoms with Crippen LogP contribution in [0.25, 0.3) is 0 Å². The Morgan fingerprint density at radius 3 is 2.95 bits per heavy atom. The van der Waals surface area contributed by atoms with Crippen LogP contribution in [-0.2, 0) is 0 Å². The van der Waals surface area contributed by atoms with E-state index in [1.807, 2.05) is 12.1 Å². The van der Waals surface area contributed by atoms with Crippen LogP contribution in [-0.4, -0.2) is 40.1 Å². The minimum absolute atomic E-state index is 0.336. The van der Waals surface area contributed by atoms with Gasteiger partial charge in [-0.15, -0.1) is 0 Å². The lowest BCUT2D eigenvalue weighted by molar-refractivity contribution is 0.128. The highest BCUT2D eigenvalue weighted by Crippen LogP contribution is 2.26. The summed E-state index contributed by atoms with van der Waals surface area (Å²) in [5.74, 6) is 1.21. The molecule has 1 fully saturated rings. The number of hydrogen-bond donors (Lipinski definition) is 1. The van der Waals surface area contributed by atoms with Crippen LogP contribution in [0, 0.1) is 6.92 Å². The van der Waals surface area contributed by atoms with Gasteiger partial charge < -0.3 is 5.11 Å². The van der Waals surface area contributed by atoms with Crippen molar-refractivity contribution in [2.45, 2.75) is 44.6 Å². The quantitative estimate of drug-likeness (QED) is 0.915. The standard InChI is InChI=1S/C16H25NOS/c1-12-5-4-6-15(11-12)16(18)7-8-17-9-10-19-14(3)13(17)2/h4-6,11,13-14,16,18H,7-10H2,1-3H3. The molecule has 1 aromatic rings. The van der Waals surface area contributed by atoms with Crippen molar-refractivity contribution in [1.29, 1.82) is 0 Å². The zero-order valence-corrected chi connectivity index (χ0v) is 13.0. The first-order valence-corrected chi connectivity index (χ1v) is 8.23. The highest BCUT2D eigenvalue weighted by molar-refractivity contribution is 8.00. The summed E-state index contributed by atoms with van der Waals surface area (Å²) >= 11 is 2.06. The van der Waals surface area contributed by atoms with E-state index in [0.717, 1.165) is 25.1 Å². The van der Waals surface area contributed by atoms with Crippen LogP contribution < -0.4 is 0 Å². The molecule has 1 heterocycles. The number of nitrogens with zero attached hydrogens (tertiary/aromatic N) is 1. The van der Waals surface area contributed by atoms with Crippen molar-refractivity contribution in [3.05, 3.63) is 35.4 Å². The molecule has 3 heteroatoms. The van der Waals surface area contributed by atoms with Crippen molar-refractivity contribution in [1.82, 2.24) is 4.90 Å². The largest absolute Gasteiger partial charge is 0.388 e. The summed E-state index contributed by atoms with van der Waals surface area (Å²) in [5.41, 5.74) is 2.26. The minimum atomic E-state index is -0.336. The molecule has 1 N–H and O–H groups in total. The predicted octanol–water partition coefficient (Wildman–Crippen LogP) is 3.24. The van der Waals surface area contributed by atoms with Crippen LogP contribution in [0.4, 0.5) is 0 Å². The molecule has 0 bridgehead atoms. The summed E-state index contributed by atoms with van der Waals surface area (Å²) in [6, 6.07) is 8.82. The van der Waals surface area contributed by atoms with E-state index >= 15 is 0 Å². The summed E-state index contributed by atoms with van der Waals surface area (Å²) in [6.07, 6.45) is 0.488. The molecule has 0 aliphatic carbocycles. The van der Waals surface area contributed by atoms with E-state index in [4.69, 9.17) is 0 Å². The maximum atomic E-state index is 10.3. The third-order valence-corrected chi connectivity index (χ3v) is 5.47. The molecule has 0 amide bonds. The SMILES string of the molecule is Cc1cccc(C(O)CCN2CCSC(C)C2C)c1. The fourth-order valence-corrected chi connectivity index (χ4v) is 3.81. The summed E-state index contributed by atoms with van der Waals surface area (Å²) in [7, 11) is 0. The number of aryl methyl sites for hydroxylation is 1. The third-order valence-electron chi connectivity index (χ3n) is 4.13. The van der Waals surface area contributed by atoms with Crippen LogP contribution in [0.2, 0.25) is 0 Å². The molecular weight excluding hydrogens is 254 g/mol. The maximum absolute atomic E-state index is 10.3. The second-order valence-electron chi connectivity index (χ2n) is 5.57. The molecule has 1 aromatic carbocycles. The Morgan fingerprint density at radius 2 is 2.21 bits per heavy atom. The van der Waals surface area contributed by atoms with E-state index < -0.39 is 0 Å². The fraction of sp³-hybridized carbons (Fsp3) is 0.625. The maximum Gasteiger partial charge on any atom is 0.0802 e. The smallest absolute Gasteiger partial charge is 0.0802 e. The Hall–Kier alpha value is -0.510. The molecule has 0 saturated carbocycles. The zero-order chi connectivity index (χ0) is 13.8. The molecule has 0 radical (unpaired) electrons. The fourth-order valence-electron chi connectivity index (χ4n) is 2.64. The minimum Gasteiger partial charge on any atom is -0.388 e. The van der Waals surface area contributed by atoms with Gasteiger partial charge in [0, 0.05) is 30.1 Å². The number of benzene rings is 1. The van der Waals surface area contributed by atoms with Crippen molar-refractivity contribution < 1.29 is 5.11 Å². The van der Waals surface area contributed by atoms with E-state index in [2.05, 4.69) is 49.6 Å². The molecular formula is C16H25NOS. The molecule has 0 aromatic heterocycles. The van der Waals surface area contributed by atoms with E-state index in [0.29, 0.717) is 11.3 Å². The van der Waals surface area contributed by atoms with Crippen LogP contribution in [0.5, 0.6) is 0 Å². The van der Waals surface area contributed by atoms with Gasteiger partial charge >= 0.3 is 0 Å². The summed E-state index contributed by atoms with van der Waals surface area (Å²) in [4.78, 5) is 2.51. The Balaban J connectivity index is 1.88. The average molecular weight is 279 g/mol. The highest BCUT2D eigenvalue weighted by atomic mass is 32.2. The summed E-state index contributed by atoms with van der Waals surface area (Å²) in [6.45, 7) is 8.81. The molecule has 19 heavy (non-hydrogen) atoms. The van der Waals surface area contributed by atoms with Crippen LogP contribution in [0.15, 0.2) is 24.3 Å². The Kier molecular flexibility index (Phi) is 5.31. The van der Waals surface area contributed by atoms with Gasteiger partial charge in [0.15, 0.2) is 0 Å². The lowest BCUT2D eigenvalue weighted by atomic mass is 10.0. The van der Waals surface area contributed by atoms with E-state index in [-0.39, 0.29) is 6.10 Å².